The molecule has 0 amide bonds. The van der Waals surface area contributed by atoms with Crippen LogP contribution in [0.2, 0.25) is 0 Å². The van der Waals surface area contributed by atoms with Crippen LogP contribution in [-0.4, -0.2) is 38.8 Å². The van der Waals surface area contributed by atoms with Gasteiger partial charge in [0.25, 0.3) is 0 Å². The van der Waals surface area contributed by atoms with Gasteiger partial charge in [0, 0.05) is 38.8 Å². The third kappa shape index (κ3) is 7.94. The monoisotopic (exact) mass is 459 g/mol. The summed E-state index contributed by atoms with van der Waals surface area (Å²) >= 11 is 0. The molecule has 1 aromatic carbocycles. The maximum Gasteiger partial charge on any atom is 0.191 e. The number of aliphatic imine (C=N–C) groups is 1. The van der Waals surface area contributed by atoms with Crippen LogP contribution in [0.3, 0.4) is 0 Å². The molecule has 2 rings (SSSR count). The smallest absolute Gasteiger partial charge is 0.191 e. The molecule has 0 aromatic heterocycles. The molecule has 2 N–H and O–H groups in total. The lowest BCUT2D eigenvalue weighted by Crippen LogP contribution is -2.38. The topological polar surface area (TPSA) is 45.7 Å². The molecule has 4 nitrogen and oxygen atoms in total. The summed E-state index contributed by atoms with van der Waals surface area (Å²) in [5.74, 6) is 1.50. The van der Waals surface area contributed by atoms with Crippen LogP contribution in [0.15, 0.2) is 29.3 Å². The van der Waals surface area contributed by atoms with E-state index >= 15 is 0 Å². The zero-order valence-electron chi connectivity index (χ0n) is 15.7. The highest BCUT2D eigenvalue weighted by Crippen LogP contribution is 2.31. The number of hydrogen-bond acceptors (Lipinski definition) is 2. The molecule has 1 aromatic rings. The van der Waals surface area contributed by atoms with Gasteiger partial charge in [-0.2, -0.15) is 0 Å². The second-order valence-electron chi connectivity index (χ2n) is 6.34. The average Bonchev–Trinajstić information content (AvgIpc) is 2.62. The second kappa shape index (κ2) is 13.4. The number of unbranched alkanes of at least 4 members (excludes halogenated alkanes) is 1. The number of nitrogens with zero attached hydrogens (tertiary/aromatic N) is 1. The first-order chi connectivity index (χ1) is 11.8. The minimum atomic E-state index is 0. The maximum absolute atomic E-state index is 5.37. The van der Waals surface area contributed by atoms with Crippen molar-refractivity contribution >= 4 is 29.9 Å². The first-order valence-electron chi connectivity index (χ1n) is 9.52. The quantitative estimate of drug-likeness (QED) is 0.253. The molecule has 1 atom stereocenters. The van der Waals surface area contributed by atoms with Crippen LogP contribution in [0.25, 0.3) is 0 Å². The fourth-order valence-electron chi connectivity index (χ4n) is 3.27. The number of benzene rings is 1. The highest BCUT2D eigenvalue weighted by atomic mass is 127. The van der Waals surface area contributed by atoms with E-state index in [2.05, 4.69) is 41.8 Å². The predicted molar refractivity (Wildman–Crippen MR) is 117 cm³/mol. The van der Waals surface area contributed by atoms with Gasteiger partial charge in [0.2, 0.25) is 0 Å². The number of hydrogen-bond donors (Lipinski definition) is 2. The molecule has 0 radical (unpaired) electrons. The van der Waals surface area contributed by atoms with E-state index in [-0.39, 0.29) is 24.0 Å². The summed E-state index contributed by atoms with van der Waals surface area (Å²) in [6.07, 6.45) is 5.94. The summed E-state index contributed by atoms with van der Waals surface area (Å²) < 4.78 is 5.37. The number of fused-ring (bicyclic) bond motifs is 1. The first-order valence-corrected chi connectivity index (χ1v) is 9.52. The lowest BCUT2D eigenvalue weighted by Gasteiger charge is -2.24. The van der Waals surface area contributed by atoms with Crippen molar-refractivity contribution in [2.45, 2.75) is 51.9 Å². The fraction of sp³-hybridized carbons (Fsp3) is 0.650. The molecular formula is C20H34IN3O. The predicted octanol–water partition coefficient (Wildman–Crippen LogP) is 4.10. The molecule has 5 heteroatoms. The van der Waals surface area contributed by atoms with Gasteiger partial charge in [0.15, 0.2) is 5.96 Å². The maximum atomic E-state index is 5.37. The number of ether oxygens (including phenoxy) is 1. The molecule has 0 spiro atoms. The van der Waals surface area contributed by atoms with E-state index in [9.17, 15) is 0 Å². The Kier molecular flexibility index (Phi) is 11.9. The number of aryl methyl sites for hydroxylation is 1. The van der Waals surface area contributed by atoms with E-state index in [4.69, 9.17) is 9.73 Å². The SMILES string of the molecule is CCNC(=NCC1CCCc2ccccc21)NCCCCOCC.I. The number of nitrogens with one attached hydrogen (secondary N) is 2. The second-order valence-corrected chi connectivity index (χ2v) is 6.34. The standard InChI is InChI=1S/C20H33N3O.HI/c1-3-21-20(22-14-7-8-15-24-4-2)23-16-18-12-9-11-17-10-5-6-13-19(17)18;/h5-6,10,13,18H,3-4,7-9,11-12,14-16H2,1-2H3,(H2,21,22,23);1H. The van der Waals surface area contributed by atoms with Gasteiger partial charge in [-0.3, -0.25) is 4.99 Å². The van der Waals surface area contributed by atoms with Crippen LogP contribution < -0.4 is 10.6 Å². The highest BCUT2D eigenvalue weighted by Gasteiger charge is 2.19. The van der Waals surface area contributed by atoms with Gasteiger partial charge in [-0.1, -0.05) is 24.3 Å². The summed E-state index contributed by atoms with van der Waals surface area (Å²) in [5.41, 5.74) is 3.01. The lowest BCUT2D eigenvalue weighted by atomic mass is 9.83. The summed E-state index contributed by atoms with van der Waals surface area (Å²) in [4.78, 5) is 4.83. The zero-order valence-corrected chi connectivity index (χ0v) is 18.1. The van der Waals surface area contributed by atoms with Gasteiger partial charge in [0.05, 0.1) is 0 Å². The molecule has 142 valence electrons. The molecule has 0 saturated carbocycles. The van der Waals surface area contributed by atoms with Gasteiger partial charge in [0.1, 0.15) is 0 Å². The summed E-state index contributed by atoms with van der Waals surface area (Å²) in [5, 5.41) is 6.80. The lowest BCUT2D eigenvalue weighted by molar-refractivity contribution is 0.143. The van der Waals surface area contributed by atoms with Crippen molar-refractivity contribution in [1.82, 2.24) is 10.6 Å². The van der Waals surface area contributed by atoms with Gasteiger partial charge in [-0.05, 0) is 57.1 Å². The van der Waals surface area contributed by atoms with Crippen LogP contribution in [0.4, 0.5) is 0 Å². The number of rotatable bonds is 9. The minimum Gasteiger partial charge on any atom is -0.382 e. The van der Waals surface area contributed by atoms with E-state index < -0.39 is 0 Å². The first kappa shape index (κ1) is 22.2. The largest absolute Gasteiger partial charge is 0.382 e. The molecule has 1 aliphatic rings. The number of halogens is 1. The normalized spacial score (nSPS) is 16.7. The van der Waals surface area contributed by atoms with Crippen LogP contribution in [0.1, 0.15) is 56.6 Å². The summed E-state index contributed by atoms with van der Waals surface area (Å²) in [6, 6.07) is 8.86. The van der Waals surface area contributed by atoms with E-state index in [0.717, 1.165) is 51.6 Å². The average molecular weight is 459 g/mol. The van der Waals surface area contributed by atoms with Crippen molar-refractivity contribution in [1.29, 1.82) is 0 Å². The van der Waals surface area contributed by atoms with E-state index in [1.54, 1.807) is 0 Å². The molecule has 1 aliphatic carbocycles. The Labute approximate surface area is 170 Å². The van der Waals surface area contributed by atoms with E-state index in [0.29, 0.717) is 5.92 Å². The van der Waals surface area contributed by atoms with Crippen LogP contribution >= 0.6 is 24.0 Å². The van der Waals surface area contributed by atoms with Crippen molar-refractivity contribution in [2.24, 2.45) is 4.99 Å². The van der Waals surface area contributed by atoms with E-state index in [1.165, 1.54) is 30.4 Å². The van der Waals surface area contributed by atoms with Crippen LogP contribution in [-0.2, 0) is 11.2 Å². The Balaban J connectivity index is 0.00000312. The van der Waals surface area contributed by atoms with Gasteiger partial charge >= 0.3 is 0 Å². The van der Waals surface area contributed by atoms with Crippen molar-refractivity contribution in [2.75, 3.05) is 32.8 Å². The minimum absolute atomic E-state index is 0. The van der Waals surface area contributed by atoms with Gasteiger partial charge < -0.3 is 15.4 Å². The third-order valence-electron chi connectivity index (χ3n) is 4.52. The fourth-order valence-corrected chi connectivity index (χ4v) is 3.27. The van der Waals surface area contributed by atoms with Crippen molar-refractivity contribution < 1.29 is 4.74 Å². The Morgan fingerprint density at radius 2 is 2.04 bits per heavy atom. The molecule has 1 unspecified atom stereocenters. The Morgan fingerprint density at radius 1 is 1.20 bits per heavy atom. The van der Waals surface area contributed by atoms with E-state index in [1.807, 2.05) is 6.92 Å². The molecule has 0 aliphatic heterocycles. The Bertz CT molecular complexity index is 507. The Morgan fingerprint density at radius 3 is 2.84 bits per heavy atom. The van der Waals surface area contributed by atoms with Gasteiger partial charge in [-0.15, -0.1) is 24.0 Å². The Hall–Kier alpha value is -0.820. The molecule has 0 fully saturated rings. The summed E-state index contributed by atoms with van der Waals surface area (Å²) in [6.45, 7) is 8.52. The van der Waals surface area contributed by atoms with Crippen LogP contribution in [0, 0.1) is 0 Å². The zero-order chi connectivity index (χ0) is 17.0. The highest BCUT2D eigenvalue weighted by molar-refractivity contribution is 14.0. The van der Waals surface area contributed by atoms with Crippen molar-refractivity contribution in [3.63, 3.8) is 0 Å². The molecule has 0 bridgehead atoms. The summed E-state index contributed by atoms with van der Waals surface area (Å²) in [7, 11) is 0. The molecule has 25 heavy (non-hydrogen) atoms. The van der Waals surface area contributed by atoms with Crippen LogP contribution in [0.5, 0.6) is 0 Å². The third-order valence-corrected chi connectivity index (χ3v) is 4.52. The van der Waals surface area contributed by atoms with Crippen molar-refractivity contribution in [3.8, 4) is 0 Å². The number of guanidine groups is 1. The molecular weight excluding hydrogens is 425 g/mol. The van der Waals surface area contributed by atoms with Gasteiger partial charge in [-0.25, -0.2) is 0 Å². The molecule has 0 heterocycles. The molecule has 0 saturated heterocycles. The van der Waals surface area contributed by atoms with Crippen molar-refractivity contribution in [3.05, 3.63) is 35.4 Å².